The molecule has 1 amide bonds. The molecule has 0 aliphatic carbocycles. The van der Waals surface area contributed by atoms with Crippen molar-refractivity contribution >= 4 is 17.6 Å². The van der Waals surface area contributed by atoms with E-state index in [1.54, 1.807) is 33.0 Å². The highest BCUT2D eigenvalue weighted by atomic mass is 16.5. The molecular weight excluding hydrogens is 358 g/mol. The number of likely N-dealkylation sites (N-methyl/N-ethyl adjacent to an activating group) is 1. The Morgan fingerprint density at radius 1 is 1.25 bits per heavy atom. The lowest BCUT2D eigenvalue weighted by Gasteiger charge is -2.21. The summed E-state index contributed by atoms with van der Waals surface area (Å²) in [7, 11) is 1.62. The van der Waals surface area contributed by atoms with Gasteiger partial charge in [-0.25, -0.2) is 0 Å². The van der Waals surface area contributed by atoms with Gasteiger partial charge in [0.25, 0.3) is 11.5 Å². The Morgan fingerprint density at radius 2 is 1.89 bits per heavy atom. The van der Waals surface area contributed by atoms with Crippen LogP contribution in [0, 0.1) is 25.2 Å². The molecule has 0 saturated carbocycles. The first-order valence-corrected chi connectivity index (χ1v) is 8.90. The molecule has 1 heterocycles. The van der Waals surface area contributed by atoms with Crippen LogP contribution in [0.3, 0.4) is 0 Å². The van der Waals surface area contributed by atoms with E-state index in [4.69, 9.17) is 10.00 Å². The molecule has 1 aromatic heterocycles. The van der Waals surface area contributed by atoms with Crippen molar-refractivity contribution in [1.29, 1.82) is 5.26 Å². The smallest absolute Gasteiger partial charge is 0.306 e. The van der Waals surface area contributed by atoms with Crippen LogP contribution in [-0.4, -0.2) is 30.0 Å². The van der Waals surface area contributed by atoms with E-state index in [1.165, 1.54) is 11.8 Å². The molecule has 7 nitrogen and oxygen atoms in total. The third kappa shape index (κ3) is 4.65. The monoisotopic (exact) mass is 381 g/mol. The SMILES string of the molecule is Cc1[nH]c(=O)c(C#N)c(C)c1CCC(=O)O[C@@H](C)C(=O)N(C)c1ccccc1. The lowest BCUT2D eigenvalue weighted by molar-refractivity contribution is -0.153. The lowest BCUT2D eigenvalue weighted by atomic mass is 9.99. The zero-order chi connectivity index (χ0) is 20.8. The number of aromatic amines is 1. The quantitative estimate of drug-likeness (QED) is 0.774. The maximum Gasteiger partial charge on any atom is 0.306 e. The molecule has 2 rings (SSSR count). The number of H-pyrrole nitrogens is 1. The van der Waals surface area contributed by atoms with E-state index >= 15 is 0 Å². The first-order chi connectivity index (χ1) is 13.3. The molecule has 0 aliphatic rings. The van der Waals surface area contributed by atoms with E-state index in [0.717, 1.165) is 5.56 Å². The number of nitrogens with zero attached hydrogens (tertiary/aromatic N) is 2. The summed E-state index contributed by atoms with van der Waals surface area (Å²) in [6.45, 7) is 4.93. The van der Waals surface area contributed by atoms with Crippen LogP contribution >= 0.6 is 0 Å². The number of carbonyl (C=O) groups excluding carboxylic acids is 2. The van der Waals surface area contributed by atoms with Crippen molar-refractivity contribution in [3.63, 3.8) is 0 Å². The number of amides is 1. The van der Waals surface area contributed by atoms with E-state index in [9.17, 15) is 14.4 Å². The summed E-state index contributed by atoms with van der Waals surface area (Å²) < 4.78 is 5.27. The van der Waals surface area contributed by atoms with Crippen LogP contribution in [0.5, 0.6) is 0 Å². The van der Waals surface area contributed by atoms with E-state index in [1.807, 2.05) is 24.3 Å². The zero-order valence-electron chi connectivity index (χ0n) is 16.4. The molecule has 28 heavy (non-hydrogen) atoms. The largest absolute Gasteiger partial charge is 0.453 e. The van der Waals surface area contributed by atoms with Gasteiger partial charge in [-0.05, 0) is 50.5 Å². The molecular formula is C21H23N3O4. The number of aryl methyl sites for hydroxylation is 1. The van der Waals surface area contributed by atoms with E-state index in [0.29, 0.717) is 23.4 Å². The summed E-state index contributed by atoms with van der Waals surface area (Å²) in [6.07, 6.45) is -0.590. The van der Waals surface area contributed by atoms with Gasteiger partial charge in [-0.1, -0.05) is 18.2 Å². The Balaban J connectivity index is 2.00. The average molecular weight is 381 g/mol. The standard InChI is InChI=1S/C21H23N3O4/c1-13-17(14(2)23-20(26)18(13)12-22)10-11-19(25)28-15(3)21(27)24(4)16-8-6-5-7-9-16/h5-9,15H,10-11H2,1-4H3,(H,23,26)/t15-/m0/s1. The van der Waals surface area contributed by atoms with Gasteiger partial charge in [-0.3, -0.25) is 14.4 Å². The minimum absolute atomic E-state index is 0.0330. The number of nitrogens with one attached hydrogen (secondary N) is 1. The zero-order valence-corrected chi connectivity index (χ0v) is 16.4. The fourth-order valence-corrected chi connectivity index (χ4v) is 3.01. The van der Waals surface area contributed by atoms with Gasteiger partial charge in [-0.15, -0.1) is 0 Å². The number of hydrogen-bond acceptors (Lipinski definition) is 5. The fourth-order valence-electron chi connectivity index (χ4n) is 3.01. The summed E-state index contributed by atoms with van der Waals surface area (Å²) in [6, 6.07) is 11.0. The normalized spacial score (nSPS) is 11.4. The highest BCUT2D eigenvalue weighted by molar-refractivity contribution is 5.96. The molecule has 0 bridgehead atoms. The third-order valence-electron chi connectivity index (χ3n) is 4.63. The van der Waals surface area contributed by atoms with Crippen molar-refractivity contribution < 1.29 is 14.3 Å². The Bertz CT molecular complexity index is 974. The molecule has 0 spiro atoms. The van der Waals surface area contributed by atoms with Crippen molar-refractivity contribution in [3.05, 3.63) is 63.1 Å². The summed E-state index contributed by atoms with van der Waals surface area (Å²) in [5.74, 6) is -0.853. The number of nitriles is 1. The van der Waals surface area contributed by atoms with Gasteiger partial charge in [0.1, 0.15) is 11.6 Å². The van der Waals surface area contributed by atoms with Crippen molar-refractivity contribution in [3.8, 4) is 6.07 Å². The third-order valence-corrected chi connectivity index (χ3v) is 4.63. The van der Waals surface area contributed by atoms with Gasteiger partial charge in [0, 0.05) is 24.8 Å². The minimum atomic E-state index is -0.926. The molecule has 0 fully saturated rings. The number of aromatic nitrogens is 1. The molecule has 0 radical (unpaired) electrons. The first kappa shape index (κ1) is 20.9. The van der Waals surface area contributed by atoms with Crippen LogP contribution in [0.4, 0.5) is 5.69 Å². The van der Waals surface area contributed by atoms with Crippen molar-refractivity contribution in [2.45, 2.75) is 39.7 Å². The summed E-state index contributed by atoms with van der Waals surface area (Å²) >= 11 is 0. The first-order valence-electron chi connectivity index (χ1n) is 8.90. The second-order valence-electron chi connectivity index (χ2n) is 6.53. The van der Waals surface area contributed by atoms with Crippen LogP contribution < -0.4 is 10.5 Å². The Morgan fingerprint density at radius 3 is 2.50 bits per heavy atom. The Kier molecular flexibility index (Phi) is 6.72. The Labute approximate surface area is 163 Å². The van der Waals surface area contributed by atoms with Crippen LogP contribution in [0.25, 0.3) is 0 Å². The number of esters is 1. The predicted octanol–water partition coefficient (Wildman–Crippen LogP) is 2.39. The minimum Gasteiger partial charge on any atom is -0.453 e. The topological polar surface area (TPSA) is 103 Å². The van der Waals surface area contributed by atoms with Crippen molar-refractivity contribution in [2.75, 3.05) is 11.9 Å². The number of pyridine rings is 1. The summed E-state index contributed by atoms with van der Waals surface area (Å²) in [4.78, 5) is 40.5. The molecule has 0 aliphatic heterocycles. The van der Waals surface area contributed by atoms with Crippen LogP contribution in [0.1, 0.15) is 35.7 Å². The molecule has 0 saturated heterocycles. The fraction of sp³-hybridized carbons (Fsp3) is 0.333. The molecule has 0 unspecified atom stereocenters. The number of hydrogen-bond donors (Lipinski definition) is 1. The van der Waals surface area contributed by atoms with E-state index in [2.05, 4.69) is 4.98 Å². The number of anilines is 1. The predicted molar refractivity (Wildman–Crippen MR) is 105 cm³/mol. The Hall–Kier alpha value is -3.40. The van der Waals surface area contributed by atoms with Crippen molar-refractivity contribution in [2.24, 2.45) is 0 Å². The van der Waals surface area contributed by atoms with E-state index in [-0.39, 0.29) is 17.9 Å². The van der Waals surface area contributed by atoms with E-state index < -0.39 is 17.6 Å². The van der Waals surface area contributed by atoms with Crippen LogP contribution in [0.15, 0.2) is 35.1 Å². The summed E-state index contributed by atoms with van der Waals surface area (Å²) in [5.41, 5.74) is 2.22. The molecule has 7 heteroatoms. The molecule has 1 aromatic carbocycles. The van der Waals surface area contributed by atoms with Crippen LogP contribution in [-0.2, 0) is 20.7 Å². The highest BCUT2D eigenvalue weighted by Gasteiger charge is 2.22. The molecule has 1 N–H and O–H groups in total. The van der Waals surface area contributed by atoms with Gasteiger partial charge < -0.3 is 14.6 Å². The second kappa shape index (κ2) is 9.00. The van der Waals surface area contributed by atoms with Gasteiger partial charge in [0.15, 0.2) is 6.10 Å². The van der Waals surface area contributed by atoms with Gasteiger partial charge >= 0.3 is 5.97 Å². The lowest BCUT2D eigenvalue weighted by Crippen LogP contribution is -2.37. The number of ether oxygens (including phenoxy) is 1. The van der Waals surface area contributed by atoms with Crippen LogP contribution in [0.2, 0.25) is 0 Å². The number of benzene rings is 1. The number of para-hydroxylation sites is 1. The molecule has 1 atom stereocenters. The maximum atomic E-state index is 12.5. The molecule has 2 aromatic rings. The highest BCUT2D eigenvalue weighted by Crippen LogP contribution is 2.16. The second-order valence-corrected chi connectivity index (χ2v) is 6.53. The van der Waals surface area contributed by atoms with Gasteiger partial charge in [0.2, 0.25) is 0 Å². The molecule has 146 valence electrons. The number of carbonyl (C=O) groups is 2. The van der Waals surface area contributed by atoms with Crippen molar-refractivity contribution in [1.82, 2.24) is 4.98 Å². The summed E-state index contributed by atoms with van der Waals surface area (Å²) in [5, 5.41) is 9.11. The van der Waals surface area contributed by atoms with Gasteiger partial charge in [0.05, 0.1) is 0 Å². The van der Waals surface area contributed by atoms with Gasteiger partial charge in [-0.2, -0.15) is 5.26 Å². The average Bonchev–Trinajstić information content (AvgIpc) is 2.67. The number of rotatable bonds is 6. The maximum absolute atomic E-state index is 12.5.